The number of piperidine rings is 1. The number of likely N-dealkylation sites (tertiary alicyclic amines) is 1. The lowest BCUT2D eigenvalue weighted by Crippen LogP contribution is -2.40. The Morgan fingerprint density at radius 3 is 2.44 bits per heavy atom. The lowest BCUT2D eigenvalue weighted by molar-refractivity contribution is -0.123. The molecule has 0 aromatic heterocycles. The second kappa shape index (κ2) is 4.73. The molecule has 18 heavy (non-hydrogen) atoms. The van der Waals surface area contributed by atoms with Gasteiger partial charge in [0.1, 0.15) is 0 Å². The molecule has 0 spiro atoms. The van der Waals surface area contributed by atoms with Gasteiger partial charge in [-0.3, -0.25) is 9.69 Å². The van der Waals surface area contributed by atoms with Crippen LogP contribution < -0.4 is 5.73 Å². The summed E-state index contributed by atoms with van der Waals surface area (Å²) in [5.41, 5.74) is 6.82. The second-order valence-electron chi connectivity index (χ2n) is 5.53. The van der Waals surface area contributed by atoms with Crippen molar-refractivity contribution in [2.75, 3.05) is 13.1 Å². The molecule has 2 fully saturated rings. The van der Waals surface area contributed by atoms with Crippen molar-refractivity contribution in [1.82, 2.24) is 4.90 Å². The Hall–Kier alpha value is -1.35. The summed E-state index contributed by atoms with van der Waals surface area (Å²) in [6.07, 6.45) is 3.14. The number of primary amides is 1. The van der Waals surface area contributed by atoms with E-state index in [4.69, 9.17) is 5.73 Å². The first kappa shape index (κ1) is 11.7. The second-order valence-corrected chi connectivity index (χ2v) is 5.53. The van der Waals surface area contributed by atoms with Crippen LogP contribution in [0.5, 0.6) is 0 Å². The average Bonchev–Trinajstić information content (AvgIpc) is 3.20. The minimum absolute atomic E-state index is 0.107. The predicted octanol–water partition coefficient (Wildman–Crippen LogP) is 1.74. The highest BCUT2D eigenvalue weighted by molar-refractivity contribution is 5.76. The summed E-state index contributed by atoms with van der Waals surface area (Å²) in [6, 6.07) is 11.4. The molecule has 1 aromatic rings. The fraction of sp³-hybridized carbons (Fsp3) is 0.533. The topological polar surface area (TPSA) is 46.3 Å². The van der Waals surface area contributed by atoms with E-state index in [1.807, 2.05) is 0 Å². The van der Waals surface area contributed by atoms with E-state index in [9.17, 15) is 4.79 Å². The van der Waals surface area contributed by atoms with Crippen LogP contribution in [0.25, 0.3) is 0 Å². The lowest BCUT2D eigenvalue weighted by atomic mass is 9.96. The summed E-state index contributed by atoms with van der Waals surface area (Å²) in [5.74, 6) is 0.691. The zero-order valence-electron chi connectivity index (χ0n) is 10.6. The van der Waals surface area contributed by atoms with Crippen LogP contribution in [0.3, 0.4) is 0 Å². The fourth-order valence-electron chi connectivity index (χ4n) is 3.16. The van der Waals surface area contributed by atoms with Gasteiger partial charge in [0.05, 0.1) is 0 Å². The number of benzene rings is 1. The number of rotatable bonds is 3. The van der Waals surface area contributed by atoms with Gasteiger partial charge < -0.3 is 5.73 Å². The molecule has 3 rings (SSSR count). The Labute approximate surface area is 108 Å². The Kier molecular flexibility index (Phi) is 3.08. The Morgan fingerprint density at radius 1 is 1.17 bits per heavy atom. The van der Waals surface area contributed by atoms with E-state index in [1.54, 1.807) is 0 Å². The number of hydrogen-bond donors (Lipinski definition) is 1. The minimum Gasteiger partial charge on any atom is -0.369 e. The summed E-state index contributed by atoms with van der Waals surface area (Å²) in [6.45, 7) is 2.06. The van der Waals surface area contributed by atoms with E-state index in [0.717, 1.165) is 25.9 Å². The zero-order valence-corrected chi connectivity index (χ0v) is 10.6. The van der Waals surface area contributed by atoms with Crippen LogP contribution in [-0.2, 0) is 4.79 Å². The number of hydrogen-bond acceptors (Lipinski definition) is 2. The molecule has 96 valence electrons. The van der Waals surface area contributed by atoms with Gasteiger partial charge in [0.2, 0.25) is 5.91 Å². The first-order valence-electron chi connectivity index (χ1n) is 6.84. The third kappa shape index (κ3) is 2.27. The van der Waals surface area contributed by atoms with Gasteiger partial charge >= 0.3 is 0 Å². The first-order valence-corrected chi connectivity index (χ1v) is 6.84. The van der Waals surface area contributed by atoms with Gasteiger partial charge in [-0.05, 0) is 37.9 Å². The third-order valence-electron chi connectivity index (χ3n) is 4.39. The van der Waals surface area contributed by atoms with Crippen LogP contribution in [0.15, 0.2) is 30.3 Å². The molecule has 2 atom stereocenters. The zero-order chi connectivity index (χ0) is 12.5. The molecule has 3 nitrogen and oxygen atoms in total. The molecule has 2 aliphatic rings. The molecule has 1 aliphatic carbocycles. The SMILES string of the molecule is NC(=O)C1CCN([C@@H]2C[C@H]2c2ccccc2)CC1. The van der Waals surface area contributed by atoms with Gasteiger partial charge in [0, 0.05) is 17.9 Å². The van der Waals surface area contributed by atoms with Gasteiger partial charge in [0.25, 0.3) is 0 Å². The van der Waals surface area contributed by atoms with E-state index in [-0.39, 0.29) is 11.8 Å². The minimum atomic E-state index is -0.120. The molecule has 1 heterocycles. The molecule has 1 saturated carbocycles. The number of carbonyl (C=O) groups is 1. The lowest BCUT2D eigenvalue weighted by Gasteiger charge is -2.30. The van der Waals surface area contributed by atoms with Crippen LogP contribution in [-0.4, -0.2) is 29.9 Å². The highest BCUT2D eigenvalue weighted by atomic mass is 16.1. The number of nitrogens with zero attached hydrogens (tertiary/aromatic N) is 1. The normalized spacial score (nSPS) is 29.1. The Bertz CT molecular complexity index is 423. The highest BCUT2D eigenvalue weighted by Gasteiger charge is 2.43. The molecule has 1 amide bonds. The molecule has 0 bridgehead atoms. The van der Waals surface area contributed by atoms with Gasteiger partial charge in [-0.15, -0.1) is 0 Å². The van der Waals surface area contributed by atoms with Crippen LogP contribution in [0, 0.1) is 5.92 Å². The van der Waals surface area contributed by atoms with Gasteiger partial charge in [0.15, 0.2) is 0 Å². The maximum Gasteiger partial charge on any atom is 0.220 e. The molecule has 0 unspecified atom stereocenters. The van der Waals surface area contributed by atoms with E-state index >= 15 is 0 Å². The summed E-state index contributed by atoms with van der Waals surface area (Å²) in [4.78, 5) is 13.7. The van der Waals surface area contributed by atoms with Crippen LogP contribution in [0.2, 0.25) is 0 Å². The number of carbonyl (C=O) groups excluding carboxylic acids is 1. The van der Waals surface area contributed by atoms with Crippen molar-refractivity contribution in [3.8, 4) is 0 Å². The molecular formula is C15H20N2O. The molecule has 1 aromatic carbocycles. The highest BCUT2D eigenvalue weighted by Crippen LogP contribution is 2.45. The van der Waals surface area contributed by atoms with E-state index in [0.29, 0.717) is 12.0 Å². The van der Waals surface area contributed by atoms with E-state index < -0.39 is 0 Å². The Balaban J connectivity index is 1.55. The first-order chi connectivity index (χ1) is 8.75. The summed E-state index contributed by atoms with van der Waals surface area (Å²) >= 11 is 0. The largest absolute Gasteiger partial charge is 0.369 e. The van der Waals surface area contributed by atoms with Crippen molar-refractivity contribution in [2.24, 2.45) is 11.7 Å². The van der Waals surface area contributed by atoms with Crippen molar-refractivity contribution in [1.29, 1.82) is 0 Å². The van der Waals surface area contributed by atoms with Crippen LogP contribution in [0.1, 0.15) is 30.7 Å². The third-order valence-corrected chi connectivity index (χ3v) is 4.39. The van der Waals surface area contributed by atoms with Gasteiger partial charge in [-0.25, -0.2) is 0 Å². The van der Waals surface area contributed by atoms with Crippen molar-refractivity contribution >= 4 is 5.91 Å². The molecular weight excluding hydrogens is 224 g/mol. The summed E-state index contributed by atoms with van der Waals surface area (Å²) in [5, 5.41) is 0. The van der Waals surface area contributed by atoms with E-state index in [1.165, 1.54) is 12.0 Å². The quantitative estimate of drug-likeness (QED) is 0.880. The monoisotopic (exact) mass is 244 g/mol. The average molecular weight is 244 g/mol. The van der Waals surface area contributed by atoms with Gasteiger partial charge in [-0.1, -0.05) is 30.3 Å². The van der Waals surface area contributed by atoms with Crippen molar-refractivity contribution in [3.63, 3.8) is 0 Å². The standard InChI is InChI=1S/C15H20N2O/c16-15(18)12-6-8-17(9-7-12)14-10-13(14)11-4-2-1-3-5-11/h1-5,12-14H,6-10H2,(H2,16,18)/t13-,14+/m0/s1. The number of nitrogens with two attached hydrogens (primary N) is 1. The molecule has 0 radical (unpaired) electrons. The molecule has 3 heteroatoms. The van der Waals surface area contributed by atoms with Gasteiger partial charge in [-0.2, -0.15) is 0 Å². The number of amides is 1. The Morgan fingerprint density at radius 2 is 1.83 bits per heavy atom. The molecule has 2 N–H and O–H groups in total. The molecule has 1 saturated heterocycles. The fourth-order valence-corrected chi connectivity index (χ4v) is 3.16. The van der Waals surface area contributed by atoms with Crippen LogP contribution in [0.4, 0.5) is 0 Å². The predicted molar refractivity (Wildman–Crippen MR) is 71.1 cm³/mol. The van der Waals surface area contributed by atoms with Crippen molar-refractivity contribution < 1.29 is 4.79 Å². The summed E-state index contributed by atoms with van der Waals surface area (Å²) < 4.78 is 0. The van der Waals surface area contributed by atoms with E-state index in [2.05, 4.69) is 35.2 Å². The van der Waals surface area contributed by atoms with Crippen LogP contribution >= 0.6 is 0 Å². The van der Waals surface area contributed by atoms with Crippen molar-refractivity contribution in [3.05, 3.63) is 35.9 Å². The molecule has 1 aliphatic heterocycles. The summed E-state index contributed by atoms with van der Waals surface area (Å²) in [7, 11) is 0. The van der Waals surface area contributed by atoms with Crippen molar-refractivity contribution in [2.45, 2.75) is 31.2 Å². The smallest absolute Gasteiger partial charge is 0.220 e. The maximum absolute atomic E-state index is 11.1. The maximum atomic E-state index is 11.1.